The summed E-state index contributed by atoms with van der Waals surface area (Å²) in [5.41, 5.74) is 0.236. The van der Waals surface area contributed by atoms with Crippen molar-refractivity contribution in [2.45, 2.75) is 12.9 Å². The van der Waals surface area contributed by atoms with Gasteiger partial charge < -0.3 is 14.5 Å². The molecule has 9 heteroatoms. The molecule has 1 aromatic carbocycles. The number of hydrogen-bond donors (Lipinski definition) is 2. The summed E-state index contributed by atoms with van der Waals surface area (Å²) in [5, 5.41) is 4.93. The predicted molar refractivity (Wildman–Crippen MR) is 78.7 cm³/mol. The molecular formula is C14H11F3N2O3S. The van der Waals surface area contributed by atoms with Crippen LogP contribution in [0.4, 0.5) is 13.2 Å². The molecule has 122 valence electrons. The third kappa shape index (κ3) is 5.29. The summed E-state index contributed by atoms with van der Waals surface area (Å²) in [6.07, 6.45) is -3.46. The van der Waals surface area contributed by atoms with Crippen LogP contribution in [0.1, 0.15) is 16.1 Å². The van der Waals surface area contributed by atoms with E-state index in [9.17, 15) is 18.0 Å². The lowest BCUT2D eigenvalue weighted by molar-refractivity contribution is -0.274. The minimum Gasteiger partial charge on any atom is -0.459 e. The van der Waals surface area contributed by atoms with Crippen molar-refractivity contribution in [1.29, 1.82) is 0 Å². The van der Waals surface area contributed by atoms with Crippen LogP contribution in [0.2, 0.25) is 0 Å². The highest BCUT2D eigenvalue weighted by molar-refractivity contribution is 7.80. The standard InChI is InChI=1S/C14H11F3N2O3S/c15-14(16,17)22-10-5-2-1-4-9(10)8-18-13(23)19-12(20)11-6-3-7-21-11/h1-7H,8H2,(H2,18,19,20,23). The van der Waals surface area contributed by atoms with Gasteiger partial charge in [0.25, 0.3) is 5.91 Å². The number of amides is 1. The molecule has 5 nitrogen and oxygen atoms in total. The van der Waals surface area contributed by atoms with E-state index in [1.54, 1.807) is 6.07 Å². The molecule has 23 heavy (non-hydrogen) atoms. The van der Waals surface area contributed by atoms with Crippen LogP contribution >= 0.6 is 12.2 Å². The van der Waals surface area contributed by atoms with E-state index in [0.29, 0.717) is 0 Å². The second-order valence-electron chi connectivity index (χ2n) is 4.27. The quantitative estimate of drug-likeness (QED) is 0.835. The average molecular weight is 344 g/mol. The van der Waals surface area contributed by atoms with E-state index in [1.165, 1.54) is 36.6 Å². The Morgan fingerprint density at radius 2 is 1.96 bits per heavy atom. The molecule has 0 unspecified atom stereocenters. The van der Waals surface area contributed by atoms with Gasteiger partial charge in [0.05, 0.1) is 6.26 Å². The van der Waals surface area contributed by atoms with E-state index < -0.39 is 12.3 Å². The van der Waals surface area contributed by atoms with Gasteiger partial charge in [-0.05, 0) is 30.4 Å². The summed E-state index contributed by atoms with van der Waals surface area (Å²) in [5.74, 6) is -0.838. The molecule has 1 amide bonds. The van der Waals surface area contributed by atoms with E-state index >= 15 is 0 Å². The third-order valence-corrected chi connectivity index (χ3v) is 2.86. The van der Waals surface area contributed by atoms with Gasteiger partial charge in [-0.2, -0.15) is 0 Å². The normalized spacial score (nSPS) is 10.9. The van der Waals surface area contributed by atoms with E-state index in [1.807, 2.05) is 0 Å². The van der Waals surface area contributed by atoms with Gasteiger partial charge in [-0.25, -0.2) is 0 Å². The van der Waals surface area contributed by atoms with Gasteiger partial charge in [0.15, 0.2) is 10.9 Å². The van der Waals surface area contributed by atoms with E-state index in [0.717, 1.165) is 0 Å². The Bertz CT molecular complexity index is 687. The molecule has 2 rings (SSSR count). The maximum Gasteiger partial charge on any atom is 0.573 e. The van der Waals surface area contributed by atoms with E-state index in [2.05, 4.69) is 15.4 Å². The van der Waals surface area contributed by atoms with Crippen molar-refractivity contribution in [2.75, 3.05) is 0 Å². The lowest BCUT2D eigenvalue weighted by Crippen LogP contribution is -2.38. The fourth-order valence-corrected chi connectivity index (χ4v) is 1.83. The molecule has 0 radical (unpaired) electrons. The Morgan fingerprint density at radius 1 is 1.22 bits per heavy atom. The lowest BCUT2D eigenvalue weighted by Gasteiger charge is -2.14. The third-order valence-electron chi connectivity index (χ3n) is 2.61. The number of nitrogens with one attached hydrogen (secondary N) is 2. The summed E-state index contributed by atoms with van der Waals surface area (Å²) in [7, 11) is 0. The number of hydrogen-bond acceptors (Lipinski definition) is 4. The predicted octanol–water partition coefficient (Wildman–Crippen LogP) is 2.98. The van der Waals surface area contributed by atoms with E-state index in [-0.39, 0.29) is 28.7 Å². The van der Waals surface area contributed by atoms with Crippen molar-refractivity contribution in [3.8, 4) is 5.75 Å². The highest BCUT2D eigenvalue weighted by atomic mass is 32.1. The monoisotopic (exact) mass is 344 g/mol. The van der Waals surface area contributed by atoms with Crippen LogP contribution in [-0.2, 0) is 6.54 Å². The molecule has 0 aliphatic carbocycles. The number of halogens is 3. The molecule has 0 bridgehead atoms. The first-order valence-electron chi connectivity index (χ1n) is 6.31. The zero-order valence-electron chi connectivity index (χ0n) is 11.5. The summed E-state index contributed by atoms with van der Waals surface area (Å²) >= 11 is 4.91. The van der Waals surface area contributed by atoms with Gasteiger partial charge >= 0.3 is 6.36 Å². The molecule has 0 fully saturated rings. The topological polar surface area (TPSA) is 63.5 Å². The number of benzene rings is 1. The van der Waals surface area contributed by atoms with Crippen LogP contribution in [0.3, 0.4) is 0 Å². The summed E-state index contributed by atoms with van der Waals surface area (Å²) in [6.45, 7) is -0.0521. The van der Waals surface area contributed by atoms with Crippen LogP contribution in [0.15, 0.2) is 47.1 Å². The molecule has 0 aliphatic heterocycles. The average Bonchev–Trinajstić information content (AvgIpc) is 2.99. The molecule has 0 saturated heterocycles. The summed E-state index contributed by atoms with van der Waals surface area (Å²) in [4.78, 5) is 11.7. The van der Waals surface area contributed by atoms with Gasteiger partial charge in [0.2, 0.25) is 0 Å². The van der Waals surface area contributed by atoms with Crippen LogP contribution < -0.4 is 15.4 Å². The smallest absolute Gasteiger partial charge is 0.459 e. The van der Waals surface area contributed by atoms with Crippen LogP contribution in [0.25, 0.3) is 0 Å². The van der Waals surface area contributed by atoms with Crippen molar-refractivity contribution in [3.63, 3.8) is 0 Å². The Balaban J connectivity index is 1.93. The SMILES string of the molecule is O=C(NC(=S)NCc1ccccc1OC(F)(F)F)c1ccco1. The van der Waals surface area contributed by atoms with Gasteiger partial charge in [-0.1, -0.05) is 18.2 Å². The Hall–Kier alpha value is -2.55. The highest BCUT2D eigenvalue weighted by Gasteiger charge is 2.31. The number of furan rings is 1. The molecule has 0 spiro atoms. The fraction of sp³-hybridized carbons (Fsp3) is 0.143. The Kier molecular flexibility index (Phi) is 5.22. The number of rotatable bonds is 4. The fourth-order valence-electron chi connectivity index (χ4n) is 1.67. The van der Waals surface area contributed by atoms with Gasteiger partial charge in [0, 0.05) is 12.1 Å². The molecule has 2 N–H and O–H groups in total. The van der Waals surface area contributed by atoms with Crippen molar-refractivity contribution >= 4 is 23.2 Å². The van der Waals surface area contributed by atoms with Crippen molar-refractivity contribution in [3.05, 3.63) is 54.0 Å². The van der Waals surface area contributed by atoms with Gasteiger partial charge in [0.1, 0.15) is 5.75 Å². The zero-order chi connectivity index (χ0) is 16.9. The molecule has 2 aromatic rings. The summed E-state index contributed by atoms with van der Waals surface area (Å²) in [6, 6.07) is 8.60. The first-order chi connectivity index (χ1) is 10.8. The second kappa shape index (κ2) is 7.14. The number of carbonyl (C=O) groups excluding carboxylic acids is 1. The lowest BCUT2D eigenvalue weighted by atomic mass is 10.2. The van der Waals surface area contributed by atoms with Crippen molar-refractivity contribution < 1.29 is 27.1 Å². The number of carbonyl (C=O) groups is 1. The number of para-hydroxylation sites is 1. The minimum atomic E-state index is -4.79. The molecular weight excluding hydrogens is 333 g/mol. The number of ether oxygens (including phenoxy) is 1. The Labute approximate surface area is 134 Å². The van der Waals surface area contributed by atoms with Gasteiger partial charge in [-0.15, -0.1) is 13.2 Å². The highest BCUT2D eigenvalue weighted by Crippen LogP contribution is 2.25. The number of alkyl halides is 3. The molecule has 0 aliphatic rings. The Morgan fingerprint density at radius 3 is 2.61 bits per heavy atom. The maximum absolute atomic E-state index is 12.3. The first kappa shape index (κ1) is 16.8. The van der Waals surface area contributed by atoms with Gasteiger partial charge in [-0.3, -0.25) is 10.1 Å². The number of thiocarbonyl (C=S) groups is 1. The summed E-state index contributed by atoms with van der Waals surface area (Å²) < 4.78 is 45.7. The molecule has 1 aromatic heterocycles. The van der Waals surface area contributed by atoms with Crippen molar-refractivity contribution in [1.82, 2.24) is 10.6 Å². The van der Waals surface area contributed by atoms with E-state index in [4.69, 9.17) is 16.6 Å². The molecule has 0 atom stereocenters. The second-order valence-corrected chi connectivity index (χ2v) is 4.68. The first-order valence-corrected chi connectivity index (χ1v) is 6.72. The van der Waals surface area contributed by atoms with Crippen LogP contribution in [-0.4, -0.2) is 17.4 Å². The largest absolute Gasteiger partial charge is 0.573 e. The minimum absolute atomic E-state index is 0.0480. The van der Waals surface area contributed by atoms with Crippen LogP contribution in [0.5, 0.6) is 5.75 Å². The van der Waals surface area contributed by atoms with Crippen molar-refractivity contribution in [2.24, 2.45) is 0 Å². The zero-order valence-corrected chi connectivity index (χ0v) is 12.3. The molecule has 1 heterocycles. The molecule has 0 saturated carbocycles. The van der Waals surface area contributed by atoms with Crippen LogP contribution in [0, 0.1) is 0 Å². The maximum atomic E-state index is 12.3.